The molecule has 0 aliphatic carbocycles. The van der Waals surface area contributed by atoms with E-state index in [9.17, 15) is 9.59 Å². The van der Waals surface area contributed by atoms with E-state index in [2.05, 4.69) is 5.32 Å². The van der Waals surface area contributed by atoms with Crippen LogP contribution in [0.5, 0.6) is 0 Å². The van der Waals surface area contributed by atoms with Crippen molar-refractivity contribution in [2.75, 3.05) is 5.32 Å². The fourth-order valence-electron chi connectivity index (χ4n) is 1.53. The van der Waals surface area contributed by atoms with Gasteiger partial charge in [0.2, 0.25) is 5.91 Å². The Morgan fingerprint density at radius 2 is 1.76 bits per heavy atom. The molecule has 0 aliphatic rings. The fourth-order valence-corrected chi connectivity index (χ4v) is 1.53. The quantitative estimate of drug-likeness (QED) is 0.823. The number of hydrogen-bond donors (Lipinski definition) is 2. The summed E-state index contributed by atoms with van der Waals surface area (Å²) in [4.78, 5) is 22.5. The zero-order valence-electron chi connectivity index (χ0n) is 10.0. The molecule has 0 saturated carbocycles. The summed E-state index contributed by atoms with van der Waals surface area (Å²) in [7, 11) is 0. The van der Waals surface area contributed by atoms with Crippen molar-refractivity contribution < 1.29 is 14.7 Å². The fraction of sp³-hybridized carbons (Fsp3) is 0.385. The highest BCUT2D eigenvalue weighted by Crippen LogP contribution is 2.15. The minimum Gasteiger partial charge on any atom is -0.481 e. The lowest BCUT2D eigenvalue weighted by atomic mass is 9.97. The molecule has 4 heteroatoms. The highest BCUT2D eigenvalue weighted by molar-refractivity contribution is 5.92. The van der Waals surface area contributed by atoms with E-state index in [1.54, 1.807) is 26.0 Å². The zero-order valence-corrected chi connectivity index (χ0v) is 10.0. The van der Waals surface area contributed by atoms with E-state index >= 15 is 0 Å². The molecule has 0 fully saturated rings. The van der Waals surface area contributed by atoms with E-state index in [-0.39, 0.29) is 11.8 Å². The molecule has 0 radical (unpaired) electrons. The Morgan fingerprint density at radius 3 is 2.29 bits per heavy atom. The number of nitrogens with one attached hydrogen (secondary N) is 1. The summed E-state index contributed by atoms with van der Waals surface area (Å²) in [5, 5.41) is 11.5. The average molecular weight is 235 g/mol. The van der Waals surface area contributed by atoms with E-state index in [1.807, 2.05) is 18.2 Å². The maximum atomic E-state index is 11.8. The van der Waals surface area contributed by atoms with Gasteiger partial charge in [-0.2, -0.15) is 0 Å². The van der Waals surface area contributed by atoms with Crippen LogP contribution in [0.4, 0.5) is 5.69 Å². The van der Waals surface area contributed by atoms with Gasteiger partial charge in [0.15, 0.2) is 0 Å². The Morgan fingerprint density at radius 1 is 1.18 bits per heavy atom. The lowest BCUT2D eigenvalue weighted by molar-refractivity contribution is -0.141. The maximum Gasteiger partial charge on any atom is 0.306 e. The summed E-state index contributed by atoms with van der Waals surface area (Å²) in [6, 6.07) is 9.13. The molecule has 4 nitrogen and oxygen atoms in total. The number of carboxylic acid groups (broad SMARTS) is 1. The van der Waals surface area contributed by atoms with Gasteiger partial charge in [0.25, 0.3) is 0 Å². The van der Waals surface area contributed by atoms with Gasteiger partial charge in [-0.05, 0) is 18.6 Å². The van der Waals surface area contributed by atoms with Crippen LogP contribution in [-0.2, 0) is 9.59 Å². The first-order chi connectivity index (χ1) is 8.00. The lowest BCUT2D eigenvalue weighted by Crippen LogP contribution is -2.24. The first kappa shape index (κ1) is 13.2. The molecule has 0 heterocycles. The number of carbonyl (C=O) groups is 2. The first-order valence-corrected chi connectivity index (χ1v) is 5.59. The Bertz CT molecular complexity index is 389. The number of aliphatic carboxylic acids is 1. The smallest absolute Gasteiger partial charge is 0.306 e. The van der Waals surface area contributed by atoms with Crippen LogP contribution in [0.15, 0.2) is 30.3 Å². The molecule has 92 valence electrons. The molecular weight excluding hydrogens is 218 g/mol. The maximum absolute atomic E-state index is 11.8. The van der Waals surface area contributed by atoms with Crippen LogP contribution in [-0.4, -0.2) is 17.0 Å². The highest BCUT2D eigenvalue weighted by atomic mass is 16.4. The number of benzene rings is 1. The molecule has 0 saturated heterocycles. The van der Waals surface area contributed by atoms with Gasteiger partial charge < -0.3 is 10.4 Å². The molecule has 1 aromatic rings. The molecule has 0 aliphatic heterocycles. The molecule has 0 bridgehead atoms. The van der Waals surface area contributed by atoms with Crippen LogP contribution in [0.1, 0.15) is 20.3 Å². The van der Waals surface area contributed by atoms with Crippen LogP contribution < -0.4 is 5.32 Å². The monoisotopic (exact) mass is 235 g/mol. The minimum atomic E-state index is -0.871. The van der Waals surface area contributed by atoms with Crippen LogP contribution in [0.25, 0.3) is 0 Å². The van der Waals surface area contributed by atoms with Gasteiger partial charge in [0.05, 0.1) is 5.92 Å². The number of rotatable bonds is 5. The second-order valence-electron chi connectivity index (χ2n) is 4.23. The number of para-hydroxylation sites is 1. The van der Waals surface area contributed by atoms with E-state index in [0.717, 1.165) is 5.69 Å². The third kappa shape index (κ3) is 4.26. The van der Waals surface area contributed by atoms with Crippen molar-refractivity contribution in [3.8, 4) is 0 Å². The van der Waals surface area contributed by atoms with Crippen molar-refractivity contribution in [1.82, 2.24) is 0 Å². The first-order valence-electron chi connectivity index (χ1n) is 5.59. The van der Waals surface area contributed by atoms with Crippen molar-refractivity contribution in [2.45, 2.75) is 20.3 Å². The predicted molar refractivity (Wildman–Crippen MR) is 65.7 cm³/mol. The van der Waals surface area contributed by atoms with E-state index in [1.165, 1.54) is 0 Å². The number of carbonyl (C=O) groups excluding carboxylic acids is 1. The lowest BCUT2D eigenvalue weighted by Gasteiger charge is -2.14. The van der Waals surface area contributed by atoms with Crippen molar-refractivity contribution in [3.05, 3.63) is 30.3 Å². The van der Waals surface area contributed by atoms with Gasteiger partial charge in [-0.25, -0.2) is 0 Å². The number of carboxylic acids is 1. The molecule has 0 aromatic heterocycles. The molecule has 2 N–H and O–H groups in total. The van der Waals surface area contributed by atoms with E-state index < -0.39 is 11.9 Å². The molecule has 1 aromatic carbocycles. The molecule has 1 rings (SSSR count). The topological polar surface area (TPSA) is 66.4 Å². The summed E-state index contributed by atoms with van der Waals surface area (Å²) >= 11 is 0. The van der Waals surface area contributed by atoms with Crippen molar-refractivity contribution in [3.63, 3.8) is 0 Å². The summed E-state index contributed by atoms with van der Waals surface area (Å²) in [6.07, 6.45) is 0.341. The third-order valence-corrected chi connectivity index (χ3v) is 2.62. The Kier molecular flexibility index (Phi) is 4.69. The summed E-state index contributed by atoms with van der Waals surface area (Å²) < 4.78 is 0. The van der Waals surface area contributed by atoms with E-state index in [4.69, 9.17) is 5.11 Å². The largest absolute Gasteiger partial charge is 0.481 e. The standard InChI is InChI=1S/C13H17NO3/c1-9(8-10(2)13(16)17)12(15)14-11-6-4-3-5-7-11/h3-7,9-10H,8H2,1-2H3,(H,14,15)(H,16,17)/t9-,10-/m0/s1. The SMILES string of the molecule is C[C@@H](C[C@H](C)C(=O)Nc1ccccc1)C(=O)O. The molecule has 17 heavy (non-hydrogen) atoms. The van der Waals surface area contributed by atoms with Crippen LogP contribution in [0, 0.1) is 11.8 Å². The Labute approximate surface area is 101 Å². The van der Waals surface area contributed by atoms with Gasteiger partial charge in [-0.15, -0.1) is 0 Å². The summed E-state index contributed by atoms with van der Waals surface area (Å²) in [6.45, 7) is 3.34. The molecule has 1 amide bonds. The van der Waals surface area contributed by atoms with Crippen LogP contribution in [0.3, 0.4) is 0 Å². The molecule has 2 atom stereocenters. The summed E-state index contributed by atoms with van der Waals surface area (Å²) in [5.41, 5.74) is 0.729. The Balaban J connectivity index is 2.50. The molecule has 0 spiro atoms. The predicted octanol–water partition coefficient (Wildman–Crippen LogP) is 2.37. The van der Waals surface area contributed by atoms with Crippen LogP contribution in [0.2, 0.25) is 0 Å². The van der Waals surface area contributed by atoms with Gasteiger partial charge in [-0.1, -0.05) is 32.0 Å². The molecular formula is C13H17NO3. The molecule has 0 unspecified atom stereocenters. The van der Waals surface area contributed by atoms with E-state index in [0.29, 0.717) is 6.42 Å². The number of anilines is 1. The van der Waals surface area contributed by atoms with Gasteiger partial charge in [-0.3, -0.25) is 9.59 Å². The normalized spacial score (nSPS) is 13.8. The van der Waals surface area contributed by atoms with Crippen molar-refractivity contribution >= 4 is 17.6 Å². The van der Waals surface area contributed by atoms with Gasteiger partial charge in [0, 0.05) is 11.6 Å². The number of amides is 1. The van der Waals surface area contributed by atoms with Crippen molar-refractivity contribution in [2.24, 2.45) is 11.8 Å². The van der Waals surface area contributed by atoms with Crippen molar-refractivity contribution in [1.29, 1.82) is 0 Å². The third-order valence-electron chi connectivity index (χ3n) is 2.62. The summed E-state index contributed by atoms with van der Waals surface area (Å²) in [5.74, 6) is -1.85. The second kappa shape index (κ2) is 6.03. The average Bonchev–Trinajstić information content (AvgIpc) is 2.29. The van der Waals surface area contributed by atoms with Gasteiger partial charge in [0.1, 0.15) is 0 Å². The highest BCUT2D eigenvalue weighted by Gasteiger charge is 2.20. The number of hydrogen-bond acceptors (Lipinski definition) is 2. The second-order valence-corrected chi connectivity index (χ2v) is 4.23. The Hall–Kier alpha value is -1.84. The minimum absolute atomic E-state index is 0.149. The van der Waals surface area contributed by atoms with Gasteiger partial charge >= 0.3 is 5.97 Å². The zero-order chi connectivity index (χ0) is 12.8. The van der Waals surface area contributed by atoms with Crippen LogP contribution >= 0.6 is 0 Å².